The summed E-state index contributed by atoms with van der Waals surface area (Å²) < 4.78 is 7.87. The Labute approximate surface area is 208 Å². The van der Waals surface area contributed by atoms with Gasteiger partial charge in [0.05, 0.1) is 65.7 Å². The largest absolute Gasteiger partial charge is 1.00 e. The Morgan fingerprint density at radius 3 is 2.15 bits per heavy atom. The third-order valence-corrected chi connectivity index (χ3v) is 6.00. The van der Waals surface area contributed by atoms with Crippen molar-refractivity contribution in [2.45, 2.75) is 71.5 Å². The van der Waals surface area contributed by atoms with Crippen molar-refractivity contribution in [3.05, 3.63) is 37.4 Å². The number of halogens is 1. The molecule has 2 aromatic heterocycles. The Balaban J connectivity index is 0.000000467. The molecular formula is C24H53ClN8+4. The monoisotopic (exact) mass is 488 g/mol. The van der Waals surface area contributed by atoms with Crippen LogP contribution in [0.4, 0.5) is 0 Å². The number of quaternary nitrogens is 4. The van der Waals surface area contributed by atoms with Gasteiger partial charge in [0, 0.05) is 51.0 Å². The normalized spacial score (nSPS) is 14.0. The van der Waals surface area contributed by atoms with E-state index in [0.29, 0.717) is 0 Å². The number of aryl methyl sites for hydroxylation is 3. The lowest BCUT2D eigenvalue weighted by atomic mass is 10.3. The van der Waals surface area contributed by atoms with E-state index in [1.54, 1.807) is 6.20 Å². The molecule has 1 aliphatic heterocycles. The van der Waals surface area contributed by atoms with Gasteiger partial charge in [0.2, 0.25) is 6.33 Å². The van der Waals surface area contributed by atoms with Crippen molar-refractivity contribution in [1.82, 2.24) is 14.1 Å². The molecule has 1 saturated heterocycles. The molecule has 0 aliphatic carbocycles. The lowest BCUT2D eigenvalue weighted by Crippen LogP contribution is -3.00. The summed E-state index contributed by atoms with van der Waals surface area (Å²) in [6.45, 7) is 12.8. The van der Waals surface area contributed by atoms with Crippen LogP contribution in [0.15, 0.2) is 37.4 Å². The zero-order chi connectivity index (χ0) is 23.5. The van der Waals surface area contributed by atoms with Crippen molar-refractivity contribution in [2.75, 3.05) is 46.3 Å². The van der Waals surface area contributed by atoms with Crippen LogP contribution in [0.3, 0.4) is 0 Å². The zero-order valence-corrected chi connectivity index (χ0v) is 22.3. The van der Waals surface area contributed by atoms with Crippen LogP contribution >= 0.6 is 0 Å². The third-order valence-electron chi connectivity index (χ3n) is 6.00. The van der Waals surface area contributed by atoms with E-state index in [1.165, 1.54) is 62.6 Å². The predicted molar refractivity (Wildman–Crippen MR) is 129 cm³/mol. The summed E-state index contributed by atoms with van der Waals surface area (Å²) in [5.74, 6) is 0. The molecule has 9 N–H and O–H groups in total. The van der Waals surface area contributed by atoms with Crippen LogP contribution in [0.1, 0.15) is 51.9 Å². The van der Waals surface area contributed by atoms with Gasteiger partial charge in [0.25, 0.3) is 0 Å². The Hall–Kier alpha value is -1.45. The van der Waals surface area contributed by atoms with Crippen LogP contribution in [-0.4, -0.2) is 64.9 Å². The van der Waals surface area contributed by atoms with Gasteiger partial charge in [0.1, 0.15) is 12.4 Å². The van der Waals surface area contributed by atoms with Crippen molar-refractivity contribution in [3.8, 4) is 0 Å². The lowest BCUT2D eigenvalue weighted by Gasteiger charge is -2.28. The number of rotatable bonds is 12. The maximum Gasteiger partial charge on any atom is 0.243 e. The summed E-state index contributed by atoms with van der Waals surface area (Å²) in [5, 5.41) is 0. The molecule has 0 aromatic carbocycles. The maximum absolute atomic E-state index is 3.92. The van der Waals surface area contributed by atoms with Crippen LogP contribution < -0.4 is 34.2 Å². The number of hydrogen-bond acceptors (Lipinski definition) is 1. The molecule has 0 atom stereocenters. The standard InChI is InChI=1S/C10H20N3.C8H19N2.C6H11N3.ClH/c1-2-3-6-12-8-9-13(10-12)7-4-5-11;1-10(8-4-5-9)6-2-3-7-10;7-2-1-4-9-5-3-8-6-9;/h8-10H,2-7,11H2,1H3;2-9H2,1H3;3,5-6H,1-2,4,7H2;1H/q2*+1;;/p+2. The van der Waals surface area contributed by atoms with Crippen LogP contribution in [0.5, 0.6) is 0 Å². The summed E-state index contributed by atoms with van der Waals surface area (Å²) in [4.78, 5) is 3.92. The summed E-state index contributed by atoms with van der Waals surface area (Å²) in [6, 6.07) is 0. The molecular weight excluding hydrogens is 436 g/mol. The number of imidazole rings is 2. The molecule has 0 unspecified atom stereocenters. The minimum absolute atomic E-state index is 0. The molecule has 1 fully saturated rings. The first-order valence-corrected chi connectivity index (χ1v) is 12.8. The Bertz CT molecular complexity index is 631. The second kappa shape index (κ2) is 20.0. The number of hydrogen-bond donors (Lipinski definition) is 3. The van der Waals surface area contributed by atoms with Gasteiger partial charge in [-0.2, -0.15) is 0 Å². The average molecular weight is 489 g/mol. The first kappa shape index (κ1) is 31.6. The fourth-order valence-electron chi connectivity index (χ4n) is 3.87. The van der Waals surface area contributed by atoms with Crippen molar-refractivity contribution in [3.63, 3.8) is 0 Å². The van der Waals surface area contributed by atoms with E-state index in [4.69, 9.17) is 0 Å². The molecule has 1 aliphatic rings. The highest BCUT2D eigenvalue weighted by Gasteiger charge is 2.25. The van der Waals surface area contributed by atoms with Gasteiger partial charge in [-0.15, -0.1) is 0 Å². The third kappa shape index (κ3) is 15.1. The van der Waals surface area contributed by atoms with E-state index in [2.05, 4.69) is 68.6 Å². The first-order valence-electron chi connectivity index (χ1n) is 12.8. The topological polar surface area (TPSA) is 110 Å². The molecule has 33 heavy (non-hydrogen) atoms. The number of unbranched alkanes of at least 4 members (excludes halogenated alkanes) is 1. The number of nitrogens with zero attached hydrogens (tertiary/aromatic N) is 5. The second-order valence-electron chi connectivity index (χ2n) is 9.16. The molecule has 2 aromatic rings. The lowest BCUT2D eigenvalue weighted by molar-refractivity contribution is -0.898. The maximum atomic E-state index is 3.92. The van der Waals surface area contributed by atoms with Gasteiger partial charge in [-0.3, -0.25) is 0 Å². The quantitative estimate of drug-likeness (QED) is 0.210. The Kier molecular flexibility index (Phi) is 19.1. The first-order chi connectivity index (χ1) is 15.6. The van der Waals surface area contributed by atoms with Crippen molar-refractivity contribution in [2.24, 2.45) is 0 Å². The Morgan fingerprint density at radius 2 is 1.58 bits per heavy atom. The molecule has 9 heteroatoms. The SMILES string of the molecule is CCCCn1cc[n+](CCC[NH3+])c1.C[N+]1(CCC[NH3+])CCCC1.[Cl-].[NH3+]CCCn1ccnc1. The molecule has 0 bridgehead atoms. The minimum atomic E-state index is 0. The highest BCUT2D eigenvalue weighted by Crippen LogP contribution is 2.15. The fourth-order valence-corrected chi connectivity index (χ4v) is 3.87. The van der Waals surface area contributed by atoms with Crippen molar-refractivity contribution < 1.29 is 38.7 Å². The van der Waals surface area contributed by atoms with Gasteiger partial charge in [-0.1, -0.05) is 13.3 Å². The minimum Gasteiger partial charge on any atom is -1.00 e. The van der Waals surface area contributed by atoms with Crippen LogP contribution in [0.25, 0.3) is 0 Å². The molecule has 0 saturated carbocycles. The van der Waals surface area contributed by atoms with Gasteiger partial charge >= 0.3 is 0 Å². The highest BCUT2D eigenvalue weighted by molar-refractivity contribution is 4.73. The van der Waals surface area contributed by atoms with Gasteiger partial charge in [-0.25, -0.2) is 14.1 Å². The van der Waals surface area contributed by atoms with Crippen LogP contribution in [0.2, 0.25) is 0 Å². The second-order valence-corrected chi connectivity index (χ2v) is 9.16. The summed E-state index contributed by atoms with van der Waals surface area (Å²) in [6.07, 6.45) is 21.1. The highest BCUT2D eigenvalue weighted by atomic mass is 35.5. The van der Waals surface area contributed by atoms with E-state index in [-0.39, 0.29) is 12.4 Å². The fraction of sp³-hybridized carbons (Fsp3) is 0.750. The molecule has 3 rings (SSSR count). The Morgan fingerprint density at radius 1 is 0.909 bits per heavy atom. The zero-order valence-electron chi connectivity index (χ0n) is 21.5. The van der Waals surface area contributed by atoms with Crippen LogP contribution in [-0.2, 0) is 19.6 Å². The summed E-state index contributed by atoms with van der Waals surface area (Å²) >= 11 is 0. The molecule has 192 valence electrons. The van der Waals surface area contributed by atoms with E-state index < -0.39 is 0 Å². The predicted octanol–water partition coefficient (Wildman–Crippen LogP) is -3.41. The number of likely N-dealkylation sites (tertiary alicyclic amines) is 1. The van der Waals surface area contributed by atoms with E-state index in [0.717, 1.165) is 45.7 Å². The van der Waals surface area contributed by atoms with Crippen LogP contribution in [0, 0.1) is 0 Å². The molecule has 0 amide bonds. The van der Waals surface area contributed by atoms with Gasteiger partial charge in [-0.05, 0) is 6.42 Å². The van der Waals surface area contributed by atoms with E-state index in [1.807, 2.05) is 12.5 Å². The van der Waals surface area contributed by atoms with E-state index >= 15 is 0 Å². The molecule has 3 heterocycles. The van der Waals surface area contributed by atoms with Gasteiger partial charge in [0.15, 0.2) is 0 Å². The molecule has 8 nitrogen and oxygen atoms in total. The molecule has 0 spiro atoms. The summed E-state index contributed by atoms with van der Waals surface area (Å²) in [7, 11) is 2.38. The van der Waals surface area contributed by atoms with Gasteiger partial charge < -0.3 is 38.7 Å². The van der Waals surface area contributed by atoms with E-state index in [9.17, 15) is 0 Å². The summed E-state index contributed by atoms with van der Waals surface area (Å²) in [5.41, 5.74) is 11.5. The smallest absolute Gasteiger partial charge is 0.243 e. The van der Waals surface area contributed by atoms with Crippen molar-refractivity contribution >= 4 is 0 Å². The number of aromatic nitrogens is 4. The van der Waals surface area contributed by atoms with Crippen molar-refractivity contribution in [1.29, 1.82) is 0 Å². The molecule has 0 radical (unpaired) electrons. The average Bonchev–Trinajstić information content (AvgIpc) is 3.57.